The summed E-state index contributed by atoms with van der Waals surface area (Å²) in [7, 11) is 0. The van der Waals surface area contributed by atoms with E-state index in [0.29, 0.717) is 20.9 Å². The summed E-state index contributed by atoms with van der Waals surface area (Å²) in [6.07, 6.45) is 4.16. The van der Waals surface area contributed by atoms with Crippen LogP contribution in [0.5, 0.6) is 0 Å². The molecule has 1 amide bonds. The zero-order valence-corrected chi connectivity index (χ0v) is 16.1. The fourth-order valence-electron chi connectivity index (χ4n) is 3.57. The van der Waals surface area contributed by atoms with Crippen molar-refractivity contribution in [2.24, 2.45) is 0 Å². The minimum atomic E-state index is -0.547. The number of fused-ring (bicyclic) bond motifs is 1. The van der Waals surface area contributed by atoms with E-state index in [-0.39, 0.29) is 18.5 Å². The molecule has 6 nitrogen and oxygen atoms in total. The van der Waals surface area contributed by atoms with Crippen LogP contribution in [0.4, 0.5) is 0 Å². The average Bonchev–Trinajstić information content (AvgIpc) is 3.30. The van der Waals surface area contributed by atoms with Crippen molar-refractivity contribution in [1.82, 2.24) is 14.5 Å². The van der Waals surface area contributed by atoms with Gasteiger partial charge < -0.3 is 5.32 Å². The smallest absolute Gasteiger partial charge is 0.336 e. The number of halogens is 1. The van der Waals surface area contributed by atoms with Gasteiger partial charge in [-0.25, -0.2) is 9.36 Å². The van der Waals surface area contributed by atoms with Gasteiger partial charge in [0.2, 0.25) is 5.91 Å². The highest BCUT2D eigenvalue weighted by Gasteiger charge is 2.20. The maximum Gasteiger partial charge on any atom is 0.336 e. The Balaban J connectivity index is 1.80. The van der Waals surface area contributed by atoms with Gasteiger partial charge in [-0.2, -0.15) is 0 Å². The Morgan fingerprint density at radius 3 is 2.74 bits per heavy atom. The van der Waals surface area contributed by atoms with Gasteiger partial charge in [0.1, 0.15) is 11.2 Å². The number of rotatable bonds is 4. The third-order valence-electron chi connectivity index (χ3n) is 4.84. The molecule has 0 radical (unpaired) electrons. The summed E-state index contributed by atoms with van der Waals surface area (Å²) >= 11 is 7.28. The van der Waals surface area contributed by atoms with Crippen LogP contribution < -0.4 is 16.6 Å². The molecule has 1 aromatic carbocycles. The molecule has 0 spiro atoms. The van der Waals surface area contributed by atoms with E-state index < -0.39 is 11.2 Å². The molecule has 140 valence electrons. The minimum Gasteiger partial charge on any atom is -0.352 e. The van der Waals surface area contributed by atoms with E-state index in [0.717, 1.165) is 30.3 Å². The highest BCUT2D eigenvalue weighted by molar-refractivity contribution is 7.17. The fraction of sp³-hybridized carbons (Fsp3) is 0.316. The van der Waals surface area contributed by atoms with E-state index in [1.807, 2.05) is 0 Å². The topological polar surface area (TPSA) is 73.1 Å². The molecule has 2 aromatic heterocycles. The predicted octanol–water partition coefficient (Wildman–Crippen LogP) is 2.93. The highest BCUT2D eigenvalue weighted by Crippen LogP contribution is 2.19. The summed E-state index contributed by atoms with van der Waals surface area (Å²) in [5, 5.41) is 5.17. The molecule has 3 aromatic rings. The summed E-state index contributed by atoms with van der Waals surface area (Å²) in [6.45, 7) is -0.122. The summed E-state index contributed by atoms with van der Waals surface area (Å²) < 4.78 is 2.87. The van der Waals surface area contributed by atoms with Crippen LogP contribution in [-0.4, -0.2) is 21.1 Å². The van der Waals surface area contributed by atoms with Gasteiger partial charge in [0.15, 0.2) is 0 Å². The van der Waals surface area contributed by atoms with Crippen molar-refractivity contribution < 1.29 is 4.79 Å². The Labute approximate surface area is 164 Å². The number of hydrogen-bond donors (Lipinski definition) is 1. The lowest BCUT2D eigenvalue weighted by Gasteiger charge is -2.15. The largest absolute Gasteiger partial charge is 0.352 e. The molecule has 1 fully saturated rings. The standard InChI is InChI=1S/C19H18ClN3O3S/c20-12-4-3-7-14(10-12)23-18(25)17-15(8-9-27-17)22(19(23)26)11-16(24)21-13-5-1-2-6-13/h3-4,7-10,13H,1-2,5-6,11H2,(H,21,24). The van der Waals surface area contributed by atoms with E-state index >= 15 is 0 Å². The first-order valence-corrected chi connectivity index (χ1v) is 10.1. The van der Waals surface area contributed by atoms with Crippen LogP contribution in [0, 0.1) is 0 Å². The van der Waals surface area contributed by atoms with Crippen molar-refractivity contribution in [1.29, 1.82) is 0 Å². The molecular weight excluding hydrogens is 386 g/mol. The number of amides is 1. The summed E-state index contributed by atoms with van der Waals surface area (Å²) in [4.78, 5) is 38.4. The van der Waals surface area contributed by atoms with E-state index in [1.165, 1.54) is 15.9 Å². The van der Waals surface area contributed by atoms with Gasteiger partial charge in [0.25, 0.3) is 5.56 Å². The van der Waals surface area contributed by atoms with Crippen molar-refractivity contribution in [2.75, 3.05) is 0 Å². The molecule has 0 saturated heterocycles. The minimum absolute atomic E-state index is 0.122. The normalized spacial score (nSPS) is 14.7. The van der Waals surface area contributed by atoms with Crippen LogP contribution in [0.25, 0.3) is 15.9 Å². The van der Waals surface area contributed by atoms with Gasteiger partial charge in [-0.15, -0.1) is 11.3 Å². The molecule has 27 heavy (non-hydrogen) atoms. The van der Waals surface area contributed by atoms with Crippen LogP contribution in [0.3, 0.4) is 0 Å². The molecule has 0 atom stereocenters. The van der Waals surface area contributed by atoms with E-state index in [2.05, 4.69) is 5.32 Å². The van der Waals surface area contributed by atoms with Gasteiger partial charge in [-0.3, -0.25) is 14.2 Å². The van der Waals surface area contributed by atoms with Crippen LogP contribution in [0.15, 0.2) is 45.3 Å². The summed E-state index contributed by atoms with van der Waals surface area (Å²) in [5.41, 5.74) is -0.0814. The van der Waals surface area contributed by atoms with Gasteiger partial charge in [0.05, 0.1) is 11.2 Å². The Hall–Kier alpha value is -2.38. The van der Waals surface area contributed by atoms with Crippen molar-refractivity contribution in [2.45, 2.75) is 38.3 Å². The zero-order chi connectivity index (χ0) is 19.0. The Morgan fingerprint density at radius 2 is 2.00 bits per heavy atom. The average molecular weight is 404 g/mol. The molecule has 1 aliphatic carbocycles. The highest BCUT2D eigenvalue weighted by atomic mass is 35.5. The number of carbonyl (C=O) groups excluding carboxylic acids is 1. The Bertz CT molecular complexity index is 1130. The molecule has 0 bridgehead atoms. The van der Waals surface area contributed by atoms with Crippen LogP contribution in [0.2, 0.25) is 5.02 Å². The Morgan fingerprint density at radius 1 is 1.22 bits per heavy atom. The summed E-state index contributed by atoms with van der Waals surface area (Å²) in [6, 6.07) is 8.44. The third-order valence-corrected chi connectivity index (χ3v) is 5.97. The first-order valence-electron chi connectivity index (χ1n) is 8.83. The number of nitrogens with one attached hydrogen (secondary N) is 1. The first-order chi connectivity index (χ1) is 13.0. The molecule has 0 unspecified atom stereocenters. The van der Waals surface area contributed by atoms with E-state index in [9.17, 15) is 14.4 Å². The quantitative estimate of drug-likeness (QED) is 0.727. The van der Waals surface area contributed by atoms with Gasteiger partial charge >= 0.3 is 5.69 Å². The molecule has 4 rings (SSSR count). The van der Waals surface area contributed by atoms with Crippen molar-refractivity contribution in [3.8, 4) is 5.69 Å². The fourth-order valence-corrected chi connectivity index (χ4v) is 4.58. The van der Waals surface area contributed by atoms with Crippen LogP contribution >= 0.6 is 22.9 Å². The zero-order valence-electron chi connectivity index (χ0n) is 14.5. The second-order valence-corrected chi connectivity index (χ2v) is 8.03. The summed E-state index contributed by atoms with van der Waals surface area (Å²) in [5.74, 6) is -0.215. The number of benzene rings is 1. The van der Waals surface area contributed by atoms with Crippen molar-refractivity contribution >= 4 is 39.1 Å². The first kappa shape index (κ1) is 18.0. The molecule has 0 aliphatic heterocycles. The lowest BCUT2D eigenvalue weighted by Crippen LogP contribution is -2.42. The SMILES string of the molecule is O=C(Cn1c(=O)n(-c2cccc(Cl)c2)c(=O)c2sccc21)NC1CCCC1. The molecule has 1 saturated carbocycles. The van der Waals surface area contributed by atoms with Crippen molar-refractivity contribution in [3.63, 3.8) is 0 Å². The molecule has 1 aliphatic rings. The number of hydrogen-bond acceptors (Lipinski definition) is 4. The maximum atomic E-state index is 13.1. The number of aromatic nitrogens is 2. The molecule has 8 heteroatoms. The Kier molecular flexibility index (Phi) is 4.88. The van der Waals surface area contributed by atoms with Crippen molar-refractivity contribution in [3.05, 3.63) is 61.6 Å². The monoisotopic (exact) mass is 403 g/mol. The number of nitrogens with zero attached hydrogens (tertiary/aromatic N) is 2. The van der Waals surface area contributed by atoms with Gasteiger partial charge in [0, 0.05) is 11.1 Å². The maximum absolute atomic E-state index is 13.1. The number of carbonyl (C=O) groups is 1. The number of thiophene rings is 1. The van der Waals surface area contributed by atoms with Gasteiger partial charge in [-0.1, -0.05) is 30.5 Å². The van der Waals surface area contributed by atoms with E-state index in [1.54, 1.807) is 35.7 Å². The lowest BCUT2D eigenvalue weighted by molar-refractivity contribution is -0.122. The lowest BCUT2D eigenvalue weighted by atomic mass is 10.2. The second-order valence-electron chi connectivity index (χ2n) is 6.67. The van der Waals surface area contributed by atoms with Crippen LogP contribution in [-0.2, 0) is 11.3 Å². The van der Waals surface area contributed by atoms with Gasteiger partial charge in [-0.05, 0) is 42.5 Å². The van der Waals surface area contributed by atoms with E-state index in [4.69, 9.17) is 11.6 Å². The third kappa shape index (κ3) is 3.44. The molecular formula is C19H18ClN3O3S. The second kappa shape index (κ2) is 7.32. The van der Waals surface area contributed by atoms with Crippen LogP contribution in [0.1, 0.15) is 25.7 Å². The molecule has 1 N–H and O–H groups in total. The predicted molar refractivity (Wildman–Crippen MR) is 107 cm³/mol. The molecule has 2 heterocycles.